The number of benzene rings is 1. The molecule has 3 saturated heterocycles. The minimum Gasteiger partial charge on any atom is -0.330 e. The van der Waals surface area contributed by atoms with Crippen LogP contribution in [0.3, 0.4) is 0 Å². The summed E-state index contributed by atoms with van der Waals surface area (Å²) in [5, 5.41) is 9.33. The zero-order valence-electron chi connectivity index (χ0n) is 19.3. The van der Waals surface area contributed by atoms with Crippen LogP contribution in [0, 0.1) is 29.0 Å². The van der Waals surface area contributed by atoms with Crippen LogP contribution in [0.4, 0.5) is 4.39 Å². The van der Waals surface area contributed by atoms with Gasteiger partial charge in [-0.2, -0.15) is 5.26 Å². The van der Waals surface area contributed by atoms with Crippen LogP contribution < -0.4 is 0 Å². The number of rotatable bonds is 6. The molecular formula is C26H33FN4O2. The van der Waals surface area contributed by atoms with E-state index in [9.17, 15) is 19.2 Å². The molecule has 0 radical (unpaired) electrons. The molecule has 2 bridgehead atoms. The van der Waals surface area contributed by atoms with Gasteiger partial charge in [0.2, 0.25) is 11.8 Å². The predicted octanol–water partition coefficient (Wildman–Crippen LogP) is 3.49. The Kier molecular flexibility index (Phi) is 6.13. The summed E-state index contributed by atoms with van der Waals surface area (Å²) in [6, 6.07) is 8.60. The van der Waals surface area contributed by atoms with Crippen molar-refractivity contribution in [3.05, 3.63) is 35.6 Å². The fourth-order valence-electron chi connectivity index (χ4n) is 6.73. The summed E-state index contributed by atoms with van der Waals surface area (Å²) in [4.78, 5) is 32.6. The van der Waals surface area contributed by atoms with E-state index in [1.165, 1.54) is 25.0 Å². The molecule has 2 amide bonds. The lowest BCUT2D eigenvalue weighted by atomic mass is 9.89. The normalized spacial score (nSPS) is 29.6. The monoisotopic (exact) mass is 452 g/mol. The second kappa shape index (κ2) is 9.06. The molecule has 5 atom stereocenters. The molecule has 7 heteroatoms. The van der Waals surface area contributed by atoms with E-state index in [2.05, 4.69) is 15.9 Å². The highest BCUT2D eigenvalue weighted by Gasteiger charge is 2.53. The van der Waals surface area contributed by atoms with Crippen LogP contribution in [-0.2, 0) is 9.59 Å². The summed E-state index contributed by atoms with van der Waals surface area (Å²) in [6.45, 7) is 3.91. The molecule has 4 aliphatic rings. The lowest BCUT2D eigenvalue weighted by Crippen LogP contribution is -2.54. The number of carbonyl (C=O) groups is 2. The number of halogens is 1. The number of fused-ring (bicyclic) bond motifs is 2. The largest absolute Gasteiger partial charge is 0.330 e. The van der Waals surface area contributed by atoms with Crippen molar-refractivity contribution < 1.29 is 14.0 Å². The smallest absolute Gasteiger partial charge is 0.240 e. The summed E-state index contributed by atoms with van der Waals surface area (Å²) in [5.41, 5.74) is 1.04. The molecule has 176 valence electrons. The Hall–Kier alpha value is -2.46. The molecule has 0 unspecified atom stereocenters. The van der Waals surface area contributed by atoms with Gasteiger partial charge in [-0.05, 0) is 55.7 Å². The summed E-state index contributed by atoms with van der Waals surface area (Å²) in [5.74, 6) is 0.122. The fraction of sp³-hybridized carbons (Fsp3) is 0.654. The van der Waals surface area contributed by atoms with Crippen molar-refractivity contribution in [1.82, 2.24) is 14.7 Å². The summed E-state index contributed by atoms with van der Waals surface area (Å²) in [6.07, 6.45) is 7.01. The first-order chi connectivity index (χ1) is 16.0. The Balaban J connectivity index is 1.29. The van der Waals surface area contributed by atoms with Gasteiger partial charge in [-0.25, -0.2) is 4.39 Å². The van der Waals surface area contributed by atoms with E-state index >= 15 is 0 Å². The number of piperazine rings is 1. The fourth-order valence-corrected chi connectivity index (χ4v) is 6.73. The average molecular weight is 453 g/mol. The standard InChI is InChI=1S/C26H33FN4O2/c1-17(25(32)30-12-4-7-21(30)14-28)15-29-16-22-13-23(29)26(33)31(22)24(18-5-2-3-6-18)19-8-10-20(27)11-9-19/h8-11,17-18,21-24H,2-7,12-13,15-16H2,1H3/t17-,21-,22-,23-,24-/m0/s1. The number of nitriles is 1. The van der Waals surface area contributed by atoms with Gasteiger partial charge in [-0.3, -0.25) is 14.5 Å². The predicted molar refractivity (Wildman–Crippen MR) is 121 cm³/mol. The van der Waals surface area contributed by atoms with Crippen LogP contribution in [0.25, 0.3) is 0 Å². The molecule has 4 fully saturated rings. The minimum absolute atomic E-state index is 0.0118. The summed E-state index contributed by atoms with van der Waals surface area (Å²) in [7, 11) is 0. The summed E-state index contributed by atoms with van der Waals surface area (Å²) < 4.78 is 13.6. The van der Waals surface area contributed by atoms with E-state index in [1.54, 1.807) is 4.90 Å². The molecule has 3 aliphatic heterocycles. The van der Waals surface area contributed by atoms with Gasteiger partial charge >= 0.3 is 0 Å². The maximum atomic E-state index is 13.6. The van der Waals surface area contributed by atoms with Crippen molar-refractivity contribution in [2.45, 2.75) is 76.0 Å². The van der Waals surface area contributed by atoms with Crippen LogP contribution >= 0.6 is 0 Å². The van der Waals surface area contributed by atoms with E-state index in [0.29, 0.717) is 19.0 Å². The van der Waals surface area contributed by atoms with Crippen molar-refractivity contribution in [1.29, 1.82) is 5.26 Å². The highest BCUT2D eigenvalue weighted by molar-refractivity contribution is 5.86. The number of amides is 2. The molecule has 5 rings (SSSR count). The Morgan fingerprint density at radius 3 is 2.58 bits per heavy atom. The van der Waals surface area contributed by atoms with Gasteiger partial charge in [0.25, 0.3) is 0 Å². The summed E-state index contributed by atoms with van der Waals surface area (Å²) >= 11 is 0. The number of hydrogen-bond donors (Lipinski definition) is 0. The third-order valence-electron chi connectivity index (χ3n) is 8.29. The molecule has 1 aromatic rings. The van der Waals surface area contributed by atoms with Crippen LogP contribution in [0.15, 0.2) is 24.3 Å². The maximum absolute atomic E-state index is 13.6. The number of hydrogen-bond acceptors (Lipinski definition) is 4. The van der Waals surface area contributed by atoms with Gasteiger partial charge in [-0.15, -0.1) is 0 Å². The lowest BCUT2D eigenvalue weighted by Gasteiger charge is -2.42. The van der Waals surface area contributed by atoms with E-state index < -0.39 is 0 Å². The first-order valence-corrected chi connectivity index (χ1v) is 12.5. The van der Waals surface area contributed by atoms with Crippen molar-refractivity contribution >= 4 is 11.8 Å². The van der Waals surface area contributed by atoms with Gasteiger partial charge in [0.15, 0.2) is 0 Å². The molecule has 3 heterocycles. The maximum Gasteiger partial charge on any atom is 0.240 e. The first kappa shape index (κ1) is 22.3. The van der Waals surface area contributed by atoms with Crippen molar-refractivity contribution in [2.75, 3.05) is 19.6 Å². The van der Waals surface area contributed by atoms with Gasteiger partial charge in [0.05, 0.1) is 18.2 Å². The molecule has 33 heavy (non-hydrogen) atoms. The second-order valence-corrected chi connectivity index (χ2v) is 10.4. The van der Waals surface area contributed by atoms with E-state index in [-0.39, 0.29) is 47.7 Å². The zero-order valence-corrected chi connectivity index (χ0v) is 19.3. The zero-order chi connectivity index (χ0) is 23.1. The van der Waals surface area contributed by atoms with E-state index in [0.717, 1.165) is 44.2 Å². The minimum atomic E-state index is -0.310. The van der Waals surface area contributed by atoms with Crippen LogP contribution in [0.5, 0.6) is 0 Å². The third-order valence-corrected chi connectivity index (χ3v) is 8.29. The van der Waals surface area contributed by atoms with Gasteiger partial charge in [0, 0.05) is 31.6 Å². The Labute approximate surface area is 195 Å². The van der Waals surface area contributed by atoms with Gasteiger partial charge in [0.1, 0.15) is 11.9 Å². The van der Waals surface area contributed by atoms with E-state index in [1.807, 2.05) is 19.1 Å². The molecule has 1 saturated carbocycles. The lowest BCUT2D eigenvalue weighted by molar-refractivity contribution is -0.143. The quantitative estimate of drug-likeness (QED) is 0.663. The van der Waals surface area contributed by atoms with E-state index in [4.69, 9.17) is 0 Å². The van der Waals surface area contributed by atoms with Crippen LogP contribution in [0.1, 0.15) is 63.5 Å². The molecule has 6 nitrogen and oxygen atoms in total. The number of nitrogens with zero attached hydrogens (tertiary/aromatic N) is 4. The van der Waals surface area contributed by atoms with Gasteiger partial charge < -0.3 is 9.80 Å². The van der Waals surface area contributed by atoms with Crippen molar-refractivity contribution in [3.8, 4) is 6.07 Å². The van der Waals surface area contributed by atoms with Crippen molar-refractivity contribution in [2.24, 2.45) is 11.8 Å². The van der Waals surface area contributed by atoms with Crippen LogP contribution in [0.2, 0.25) is 0 Å². The highest BCUT2D eigenvalue weighted by atomic mass is 19.1. The second-order valence-electron chi connectivity index (χ2n) is 10.4. The number of carbonyl (C=O) groups excluding carboxylic acids is 2. The molecular weight excluding hydrogens is 419 g/mol. The topological polar surface area (TPSA) is 67.7 Å². The average Bonchev–Trinajstić information content (AvgIpc) is 3.60. The van der Waals surface area contributed by atoms with Gasteiger partial charge in [-0.1, -0.05) is 31.9 Å². The molecule has 1 aromatic carbocycles. The third kappa shape index (κ3) is 4.03. The Morgan fingerprint density at radius 2 is 1.91 bits per heavy atom. The van der Waals surface area contributed by atoms with Crippen LogP contribution in [-0.4, -0.2) is 64.3 Å². The van der Waals surface area contributed by atoms with Crippen molar-refractivity contribution in [3.63, 3.8) is 0 Å². The Bertz CT molecular complexity index is 939. The SMILES string of the molecule is C[C@@H](CN1C[C@@H]2C[C@H]1C(=O)N2[C@H](c1ccc(F)cc1)C1CCCC1)C(=O)N1CCC[C@H]1C#N. The molecule has 1 aliphatic carbocycles. The molecule has 0 N–H and O–H groups in total. The molecule has 0 aromatic heterocycles. The molecule has 0 spiro atoms. The number of likely N-dealkylation sites (tertiary alicyclic amines) is 3. The highest BCUT2D eigenvalue weighted by Crippen LogP contribution is 2.46. The first-order valence-electron chi connectivity index (χ1n) is 12.5. The Morgan fingerprint density at radius 1 is 1.18 bits per heavy atom.